The summed E-state index contributed by atoms with van der Waals surface area (Å²) in [5.74, 6) is 0.408. The maximum Gasteiger partial charge on any atom is 0.0471 e. The minimum absolute atomic E-state index is 0.295. The van der Waals surface area contributed by atoms with Crippen LogP contribution in [0, 0.1) is 26.7 Å². The Morgan fingerprint density at radius 3 is 2.42 bits per heavy atom. The average Bonchev–Trinajstić information content (AvgIpc) is 2.41. The van der Waals surface area contributed by atoms with Crippen LogP contribution in [-0.2, 0) is 6.42 Å². The van der Waals surface area contributed by atoms with Gasteiger partial charge < -0.3 is 10.0 Å². The molecule has 1 aromatic rings. The maximum absolute atomic E-state index is 9.24. The molecule has 0 bridgehead atoms. The molecule has 0 saturated carbocycles. The van der Waals surface area contributed by atoms with Crippen molar-refractivity contribution in [1.29, 1.82) is 0 Å². The van der Waals surface area contributed by atoms with Crippen LogP contribution in [0.15, 0.2) is 12.1 Å². The molecule has 0 aromatic heterocycles. The van der Waals surface area contributed by atoms with Gasteiger partial charge in [-0.2, -0.15) is 0 Å². The highest BCUT2D eigenvalue weighted by Gasteiger charge is 2.09. The van der Waals surface area contributed by atoms with Gasteiger partial charge in [0.1, 0.15) is 0 Å². The first-order valence-electron chi connectivity index (χ1n) is 7.34. The van der Waals surface area contributed by atoms with Gasteiger partial charge in [0.05, 0.1) is 0 Å². The van der Waals surface area contributed by atoms with Gasteiger partial charge in [0.25, 0.3) is 0 Å². The van der Waals surface area contributed by atoms with Crippen LogP contribution < -0.4 is 0 Å². The van der Waals surface area contributed by atoms with E-state index in [-0.39, 0.29) is 0 Å². The normalized spacial score (nSPS) is 13.0. The highest BCUT2D eigenvalue weighted by molar-refractivity contribution is 5.38. The fourth-order valence-corrected chi connectivity index (χ4v) is 2.44. The van der Waals surface area contributed by atoms with Gasteiger partial charge in [0, 0.05) is 19.7 Å². The van der Waals surface area contributed by atoms with Gasteiger partial charge in [-0.3, -0.25) is 0 Å². The number of aliphatic hydroxyl groups is 1. The van der Waals surface area contributed by atoms with E-state index in [1.54, 1.807) is 0 Å². The van der Waals surface area contributed by atoms with Crippen molar-refractivity contribution in [2.75, 3.05) is 26.7 Å². The largest absolute Gasteiger partial charge is 0.396 e. The lowest BCUT2D eigenvalue weighted by Gasteiger charge is -2.22. The monoisotopic (exact) mass is 263 g/mol. The fraction of sp³-hybridized carbons (Fsp3) is 0.647. The molecule has 0 aliphatic heterocycles. The smallest absolute Gasteiger partial charge is 0.0471 e. The summed E-state index contributed by atoms with van der Waals surface area (Å²) < 4.78 is 0. The van der Waals surface area contributed by atoms with Gasteiger partial charge in [0.15, 0.2) is 0 Å². The van der Waals surface area contributed by atoms with E-state index in [2.05, 4.69) is 51.8 Å². The highest BCUT2D eigenvalue weighted by atomic mass is 16.3. The van der Waals surface area contributed by atoms with Crippen LogP contribution in [0.4, 0.5) is 0 Å². The average molecular weight is 263 g/mol. The lowest BCUT2D eigenvalue weighted by molar-refractivity contribution is 0.177. The number of nitrogens with zero attached hydrogens (tertiary/aromatic N) is 1. The van der Waals surface area contributed by atoms with Crippen molar-refractivity contribution < 1.29 is 5.11 Å². The Bertz CT molecular complexity index is 396. The summed E-state index contributed by atoms with van der Waals surface area (Å²) in [6, 6.07) is 4.48. The molecule has 0 radical (unpaired) electrons. The Morgan fingerprint density at radius 2 is 1.84 bits per heavy atom. The minimum Gasteiger partial charge on any atom is -0.396 e. The third kappa shape index (κ3) is 4.63. The number of benzene rings is 1. The Morgan fingerprint density at radius 1 is 1.16 bits per heavy atom. The molecular formula is C17H29NO. The zero-order valence-corrected chi connectivity index (χ0v) is 13.2. The summed E-state index contributed by atoms with van der Waals surface area (Å²) in [7, 11) is 2.15. The van der Waals surface area contributed by atoms with Crippen LogP contribution in [0.3, 0.4) is 0 Å². The molecule has 0 aliphatic carbocycles. The second kappa shape index (κ2) is 7.66. The van der Waals surface area contributed by atoms with Crippen molar-refractivity contribution in [3.63, 3.8) is 0 Å². The lowest BCUT2D eigenvalue weighted by Crippen LogP contribution is -2.29. The van der Waals surface area contributed by atoms with E-state index in [0.717, 1.165) is 25.9 Å². The Kier molecular flexibility index (Phi) is 6.53. The number of hydrogen-bond donors (Lipinski definition) is 1. The summed E-state index contributed by atoms with van der Waals surface area (Å²) in [5.41, 5.74) is 5.68. The zero-order valence-electron chi connectivity index (χ0n) is 13.2. The number of aryl methyl sites for hydroxylation is 1. The predicted molar refractivity (Wildman–Crippen MR) is 82.7 cm³/mol. The quantitative estimate of drug-likeness (QED) is 0.817. The van der Waals surface area contributed by atoms with E-state index in [1.165, 1.54) is 22.3 Å². The molecule has 1 rings (SSSR count). The summed E-state index contributed by atoms with van der Waals surface area (Å²) in [5, 5.41) is 9.24. The lowest BCUT2D eigenvalue weighted by atomic mass is 9.97. The first-order valence-corrected chi connectivity index (χ1v) is 7.34. The summed E-state index contributed by atoms with van der Waals surface area (Å²) in [6.45, 7) is 11.1. The van der Waals surface area contributed by atoms with Gasteiger partial charge >= 0.3 is 0 Å². The van der Waals surface area contributed by atoms with Gasteiger partial charge in [-0.15, -0.1) is 0 Å². The molecule has 1 N–H and O–H groups in total. The van der Waals surface area contributed by atoms with Crippen LogP contribution >= 0.6 is 0 Å². The molecule has 0 aliphatic rings. The second-order valence-electron chi connectivity index (χ2n) is 5.76. The number of hydrogen-bond acceptors (Lipinski definition) is 2. The molecule has 0 saturated heterocycles. The number of rotatable bonds is 7. The Balaban J connectivity index is 2.55. The van der Waals surface area contributed by atoms with Gasteiger partial charge in [-0.25, -0.2) is 0 Å². The first-order chi connectivity index (χ1) is 8.99. The van der Waals surface area contributed by atoms with Gasteiger partial charge in [-0.1, -0.05) is 19.1 Å². The summed E-state index contributed by atoms with van der Waals surface area (Å²) in [6.07, 6.45) is 2.13. The molecule has 0 fully saturated rings. The van der Waals surface area contributed by atoms with Crippen LogP contribution in [0.1, 0.15) is 35.6 Å². The molecule has 0 heterocycles. The van der Waals surface area contributed by atoms with Crippen molar-refractivity contribution >= 4 is 0 Å². The van der Waals surface area contributed by atoms with Crippen LogP contribution in [-0.4, -0.2) is 36.8 Å². The summed E-state index contributed by atoms with van der Waals surface area (Å²) in [4.78, 5) is 2.33. The van der Waals surface area contributed by atoms with Crippen molar-refractivity contribution in [3.8, 4) is 0 Å². The molecule has 1 aromatic carbocycles. The predicted octanol–water partition coefficient (Wildman–Crippen LogP) is 3.10. The molecule has 19 heavy (non-hydrogen) atoms. The number of likely N-dealkylation sites (N-methyl/N-ethyl adjacent to an activating group) is 1. The zero-order chi connectivity index (χ0) is 14.4. The molecule has 0 spiro atoms. The molecule has 0 amide bonds. The molecule has 2 heteroatoms. The van der Waals surface area contributed by atoms with E-state index in [0.29, 0.717) is 12.5 Å². The minimum atomic E-state index is 0.295. The Labute approximate surface area is 118 Å². The molecule has 2 nitrogen and oxygen atoms in total. The molecule has 1 unspecified atom stereocenters. The Hall–Kier alpha value is -0.860. The molecular weight excluding hydrogens is 234 g/mol. The van der Waals surface area contributed by atoms with E-state index < -0.39 is 0 Å². The number of aliphatic hydroxyl groups excluding tert-OH is 1. The van der Waals surface area contributed by atoms with Crippen molar-refractivity contribution in [2.24, 2.45) is 5.92 Å². The van der Waals surface area contributed by atoms with Crippen molar-refractivity contribution in [3.05, 3.63) is 34.4 Å². The maximum atomic E-state index is 9.24. The first kappa shape index (κ1) is 16.2. The van der Waals surface area contributed by atoms with Crippen molar-refractivity contribution in [1.82, 2.24) is 4.90 Å². The third-order valence-corrected chi connectivity index (χ3v) is 4.34. The molecule has 108 valence electrons. The fourth-order valence-electron chi connectivity index (χ4n) is 2.44. The van der Waals surface area contributed by atoms with Gasteiger partial charge in [-0.05, 0) is 68.8 Å². The summed E-state index contributed by atoms with van der Waals surface area (Å²) >= 11 is 0. The van der Waals surface area contributed by atoms with Crippen molar-refractivity contribution in [2.45, 2.75) is 40.5 Å². The van der Waals surface area contributed by atoms with Gasteiger partial charge in [0.2, 0.25) is 0 Å². The van der Waals surface area contributed by atoms with E-state index in [9.17, 15) is 5.11 Å². The SMILES string of the molecule is CCC(CO)CN(C)CCc1ccc(C)c(C)c1C. The van der Waals surface area contributed by atoms with Crippen LogP contribution in [0.5, 0.6) is 0 Å². The molecule has 1 atom stereocenters. The van der Waals surface area contributed by atoms with Crippen LogP contribution in [0.25, 0.3) is 0 Å². The third-order valence-electron chi connectivity index (χ3n) is 4.34. The van der Waals surface area contributed by atoms with E-state index in [4.69, 9.17) is 0 Å². The second-order valence-corrected chi connectivity index (χ2v) is 5.76. The highest BCUT2D eigenvalue weighted by Crippen LogP contribution is 2.17. The standard InChI is InChI=1S/C17H29NO/c1-6-16(12-19)11-18(5)10-9-17-8-7-13(2)14(3)15(17)4/h7-8,16,19H,6,9-12H2,1-5H3. The topological polar surface area (TPSA) is 23.5 Å². The van der Waals surface area contributed by atoms with E-state index in [1.807, 2.05) is 0 Å². The van der Waals surface area contributed by atoms with Crippen LogP contribution in [0.2, 0.25) is 0 Å². The van der Waals surface area contributed by atoms with E-state index >= 15 is 0 Å².